The van der Waals surface area contributed by atoms with E-state index in [1.165, 1.54) is 0 Å². The molecule has 1 N–H and O–H groups in total. The van der Waals surface area contributed by atoms with Gasteiger partial charge in [0.05, 0.1) is 20.3 Å². The molecule has 0 unspecified atom stereocenters. The van der Waals surface area contributed by atoms with E-state index in [0.717, 1.165) is 31.6 Å². The highest BCUT2D eigenvalue weighted by atomic mass is 16.5. The van der Waals surface area contributed by atoms with Crippen LogP contribution in [0.5, 0.6) is 11.5 Å². The van der Waals surface area contributed by atoms with Crippen molar-refractivity contribution in [2.75, 3.05) is 38.8 Å². The van der Waals surface area contributed by atoms with Crippen LogP contribution in [0.25, 0.3) is 0 Å². The highest BCUT2D eigenvalue weighted by Crippen LogP contribution is 2.33. The van der Waals surface area contributed by atoms with Gasteiger partial charge in [-0.3, -0.25) is 4.79 Å². The maximum absolute atomic E-state index is 12.3. The fourth-order valence-electron chi connectivity index (χ4n) is 3.23. The fraction of sp³-hybridized carbons (Fsp3) is 0.529. The van der Waals surface area contributed by atoms with Crippen LogP contribution in [0.3, 0.4) is 0 Å². The summed E-state index contributed by atoms with van der Waals surface area (Å²) in [4.78, 5) is 28.0. The molecule has 2 aliphatic heterocycles. The number of carbonyl (C=O) groups is 2. The molecule has 1 aromatic rings. The third-order valence-corrected chi connectivity index (χ3v) is 4.52. The lowest BCUT2D eigenvalue weighted by Gasteiger charge is -2.21. The molecule has 1 aromatic carbocycles. The normalized spacial score (nSPS) is 20.4. The van der Waals surface area contributed by atoms with Crippen molar-refractivity contribution in [2.24, 2.45) is 0 Å². The van der Waals surface area contributed by atoms with E-state index in [-0.39, 0.29) is 18.0 Å². The molecule has 1 atom stereocenters. The minimum atomic E-state index is -0.168. The van der Waals surface area contributed by atoms with E-state index >= 15 is 0 Å². The molecule has 0 saturated carbocycles. The number of benzene rings is 1. The molecule has 130 valence electrons. The zero-order chi connectivity index (χ0) is 17.1. The molecular weight excluding hydrogens is 310 g/mol. The zero-order valence-electron chi connectivity index (χ0n) is 14.1. The van der Waals surface area contributed by atoms with Crippen LogP contribution in [0.2, 0.25) is 0 Å². The average Bonchev–Trinajstić information content (AvgIpc) is 3.24. The Hall–Kier alpha value is -2.44. The van der Waals surface area contributed by atoms with E-state index in [0.29, 0.717) is 24.5 Å². The number of nitrogens with one attached hydrogen (secondary N) is 1. The summed E-state index contributed by atoms with van der Waals surface area (Å²) < 4.78 is 10.5. The van der Waals surface area contributed by atoms with E-state index in [2.05, 4.69) is 5.32 Å². The summed E-state index contributed by atoms with van der Waals surface area (Å²) in [6.45, 7) is 2.06. The van der Waals surface area contributed by atoms with Crippen LogP contribution < -0.4 is 19.7 Å². The largest absolute Gasteiger partial charge is 0.493 e. The minimum Gasteiger partial charge on any atom is -0.493 e. The molecule has 3 rings (SSSR count). The molecule has 3 amide bonds. The lowest BCUT2D eigenvalue weighted by atomic mass is 10.2. The molecule has 7 nitrogen and oxygen atoms in total. The summed E-state index contributed by atoms with van der Waals surface area (Å²) in [6.07, 6.45) is 2.41. The van der Waals surface area contributed by atoms with Gasteiger partial charge in [0.25, 0.3) is 0 Å². The molecule has 2 fully saturated rings. The molecular formula is C17H23N3O4. The van der Waals surface area contributed by atoms with Crippen LogP contribution in [-0.2, 0) is 4.79 Å². The third kappa shape index (κ3) is 3.25. The summed E-state index contributed by atoms with van der Waals surface area (Å²) in [5, 5.41) is 2.97. The van der Waals surface area contributed by atoms with Crippen molar-refractivity contribution in [1.82, 2.24) is 10.2 Å². The molecule has 0 aromatic heterocycles. The molecule has 0 spiro atoms. The Morgan fingerprint density at radius 2 is 1.88 bits per heavy atom. The van der Waals surface area contributed by atoms with Gasteiger partial charge in [-0.1, -0.05) is 0 Å². The minimum absolute atomic E-state index is 0.00561. The van der Waals surface area contributed by atoms with Crippen LogP contribution in [0.1, 0.15) is 19.3 Å². The first-order valence-electron chi connectivity index (χ1n) is 8.20. The standard InChI is InChI=1S/C17H23N3O4/c1-23-14-6-5-13(10-15(14)24-2)20-11-12(9-16(20)21)18-17(22)19-7-3-4-8-19/h5-6,10,12H,3-4,7-9,11H2,1-2H3,(H,18,22)/t12-/m0/s1. The first-order valence-corrected chi connectivity index (χ1v) is 8.20. The van der Waals surface area contributed by atoms with Crippen LogP contribution in [0.4, 0.5) is 10.5 Å². The van der Waals surface area contributed by atoms with Gasteiger partial charge >= 0.3 is 6.03 Å². The van der Waals surface area contributed by atoms with Crippen LogP contribution in [-0.4, -0.2) is 56.7 Å². The summed E-state index contributed by atoms with van der Waals surface area (Å²) >= 11 is 0. The van der Waals surface area contributed by atoms with E-state index in [1.807, 2.05) is 11.0 Å². The number of rotatable bonds is 4. The molecule has 0 bridgehead atoms. The van der Waals surface area contributed by atoms with Gasteiger partial charge in [-0.05, 0) is 25.0 Å². The molecule has 24 heavy (non-hydrogen) atoms. The number of urea groups is 1. The van der Waals surface area contributed by atoms with Gasteiger partial charge < -0.3 is 24.6 Å². The maximum atomic E-state index is 12.3. The first kappa shape index (κ1) is 16.4. The average molecular weight is 333 g/mol. The predicted octanol–water partition coefficient (Wildman–Crippen LogP) is 1.61. The molecule has 7 heteroatoms. The third-order valence-electron chi connectivity index (χ3n) is 4.52. The molecule has 2 heterocycles. The number of hydrogen-bond acceptors (Lipinski definition) is 4. The highest BCUT2D eigenvalue weighted by Gasteiger charge is 2.33. The van der Waals surface area contributed by atoms with Crippen LogP contribution in [0, 0.1) is 0 Å². The topological polar surface area (TPSA) is 71.1 Å². The Morgan fingerprint density at radius 3 is 2.54 bits per heavy atom. The number of anilines is 1. The number of hydrogen-bond donors (Lipinski definition) is 1. The number of nitrogens with zero attached hydrogens (tertiary/aromatic N) is 2. The maximum Gasteiger partial charge on any atom is 0.317 e. The van der Waals surface area contributed by atoms with Gasteiger partial charge in [-0.2, -0.15) is 0 Å². The molecule has 2 aliphatic rings. The van der Waals surface area contributed by atoms with Crippen molar-refractivity contribution in [3.05, 3.63) is 18.2 Å². The van der Waals surface area contributed by atoms with Crippen molar-refractivity contribution < 1.29 is 19.1 Å². The molecule has 0 aliphatic carbocycles. The number of carbonyl (C=O) groups excluding carboxylic acids is 2. The Morgan fingerprint density at radius 1 is 1.17 bits per heavy atom. The molecule has 2 saturated heterocycles. The number of likely N-dealkylation sites (tertiary alicyclic amines) is 1. The highest BCUT2D eigenvalue weighted by molar-refractivity contribution is 5.97. The van der Waals surface area contributed by atoms with Gasteiger partial charge in [-0.15, -0.1) is 0 Å². The summed E-state index contributed by atoms with van der Waals surface area (Å²) in [5.74, 6) is 1.19. The summed E-state index contributed by atoms with van der Waals surface area (Å²) in [7, 11) is 3.13. The Bertz CT molecular complexity index is 628. The van der Waals surface area contributed by atoms with Crippen LogP contribution >= 0.6 is 0 Å². The zero-order valence-corrected chi connectivity index (χ0v) is 14.1. The second-order valence-electron chi connectivity index (χ2n) is 6.09. The quantitative estimate of drug-likeness (QED) is 0.909. The van der Waals surface area contributed by atoms with Gasteiger partial charge in [-0.25, -0.2) is 4.79 Å². The van der Waals surface area contributed by atoms with Crippen molar-refractivity contribution in [3.63, 3.8) is 0 Å². The lowest BCUT2D eigenvalue weighted by molar-refractivity contribution is -0.117. The van der Waals surface area contributed by atoms with Crippen molar-refractivity contribution in [3.8, 4) is 11.5 Å². The second kappa shape index (κ2) is 6.98. The van der Waals surface area contributed by atoms with Crippen molar-refractivity contribution in [1.29, 1.82) is 0 Å². The van der Waals surface area contributed by atoms with Gasteiger partial charge in [0.1, 0.15) is 0 Å². The van der Waals surface area contributed by atoms with Crippen molar-refractivity contribution >= 4 is 17.6 Å². The van der Waals surface area contributed by atoms with Crippen LogP contribution in [0.15, 0.2) is 18.2 Å². The van der Waals surface area contributed by atoms with Gasteiger partial charge in [0.15, 0.2) is 11.5 Å². The number of methoxy groups -OCH3 is 2. The molecule has 0 radical (unpaired) electrons. The van der Waals surface area contributed by atoms with E-state index in [4.69, 9.17) is 9.47 Å². The number of ether oxygens (including phenoxy) is 2. The van der Waals surface area contributed by atoms with E-state index < -0.39 is 0 Å². The fourth-order valence-corrected chi connectivity index (χ4v) is 3.23. The lowest BCUT2D eigenvalue weighted by Crippen LogP contribution is -2.44. The van der Waals surface area contributed by atoms with Gasteiger partial charge in [0.2, 0.25) is 5.91 Å². The van der Waals surface area contributed by atoms with E-state index in [9.17, 15) is 9.59 Å². The SMILES string of the molecule is COc1ccc(N2C[C@@H](NC(=O)N3CCCC3)CC2=O)cc1OC. The van der Waals surface area contributed by atoms with Gasteiger partial charge in [0, 0.05) is 37.8 Å². The predicted molar refractivity (Wildman–Crippen MR) is 89.6 cm³/mol. The Labute approximate surface area is 141 Å². The smallest absolute Gasteiger partial charge is 0.317 e. The second-order valence-corrected chi connectivity index (χ2v) is 6.09. The van der Waals surface area contributed by atoms with E-state index in [1.54, 1.807) is 31.3 Å². The Kier molecular flexibility index (Phi) is 4.78. The number of amides is 3. The summed E-state index contributed by atoms with van der Waals surface area (Å²) in [6, 6.07) is 5.14. The first-order chi connectivity index (χ1) is 11.6. The Balaban J connectivity index is 1.67. The van der Waals surface area contributed by atoms with Crippen molar-refractivity contribution in [2.45, 2.75) is 25.3 Å². The monoisotopic (exact) mass is 333 g/mol. The summed E-state index contributed by atoms with van der Waals surface area (Å²) in [5.41, 5.74) is 0.746.